The topological polar surface area (TPSA) is 50.8 Å². The van der Waals surface area contributed by atoms with E-state index in [1.807, 2.05) is 31.2 Å². The number of hydrogen-bond donors (Lipinski definition) is 1. The zero-order valence-corrected chi connectivity index (χ0v) is 13.1. The highest BCUT2D eigenvalue weighted by Gasteiger charge is 2.32. The van der Waals surface area contributed by atoms with Gasteiger partial charge in [-0.05, 0) is 38.4 Å². The molecule has 3 rings (SSSR count). The lowest BCUT2D eigenvalue weighted by atomic mass is 10.2. The lowest BCUT2D eigenvalue weighted by molar-refractivity contribution is -0.124. The summed E-state index contributed by atoms with van der Waals surface area (Å²) in [5.74, 6) is 0.613. The van der Waals surface area contributed by atoms with Gasteiger partial charge in [0.2, 0.25) is 0 Å². The van der Waals surface area contributed by atoms with Crippen molar-refractivity contribution in [3.05, 3.63) is 29.8 Å². The molecule has 0 unspecified atom stereocenters. The first-order chi connectivity index (χ1) is 10.7. The number of amides is 1. The zero-order chi connectivity index (χ0) is 15.4. The summed E-state index contributed by atoms with van der Waals surface area (Å²) in [6, 6.07) is 8.28. The molecule has 120 valence electrons. The summed E-state index contributed by atoms with van der Waals surface area (Å²) in [5.41, 5.74) is 1.17. The molecule has 2 heterocycles. The quantitative estimate of drug-likeness (QED) is 0.892. The largest absolute Gasteiger partial charge is 0.484 e. The molecule has 0 aromatic heterocycles. The van der Waals surface area contributed by atoms with Gasteiger partial charge in [0.15, 0.2) is 6.61 Å². The first kappa shape index (κ1) is 15.3. The monoisotopic (exact) mass is 304 g/mol. The molecule has 0 aliphatic carbocycles. The second-order valence-electron chi connectivity index (χ2n) is 6.15. The molecule has 2 saturated heterocycles. The van der Waals surface area contributed by atoms with Gasteiger partial charge in [0.25, 0.3) is 5.91 Å². The maximum Gasteiger partial charge on any atom is 0.258 e. The standard InChI is InChI=1S/C17H24N2O3/c1-13-4-6-15(7-5-13)22-12-17(20)18-9-16-10-19-8-2-3-14(19)11-21-16/h4-7,14,16H,2-3,8-12H2,1H3,(H,18,20)/t14-,16-/m0/s1. The van der Waals surface area contributed by atoms with Gasteiger partial charge in [-0.1, -0.05) is 17.7 Å². The molecule has 0 saturated carbocycles. The Morgan fingerprint density at radius 2 is 2.23 bits per heavy atom. The van der Waals surface area contributed by atoms with E-state index in [1.165, 1.54) is 18.4 Å². The summed E-state index contributed by atoms with van der Waals surface area (Å²) in [6.45, 7) is 5.49. The van der Waals surface area contributed by atoms with Crippen LogP contribution < -0.4 is 10.1 Å². The smallest absolute Gasteiger partial charge is 0.258 e. The van der Waals surface area contributed by atoms with Crippen molar-refractivity contribution in [3.63, 3.8) is 0 Å². The van der Waals surface area contributed by atoms with Crippen LogP contribution in [0.3, 0.4) is 0 Å². The second kappa shape index (κ2) is 7.11. The molecule has 5 heteroatoms. The summed E-state index contributed by atoms with van der Waals surface area (Å²) >= 11 is 0. The van der Waals surface area contributed by atoms with Crippen molar-refractivity contribution in [1.82, 2.24) is 10.2 Å². The highest BCUT2D eigenvalue weighted by molar-refractivity contribution is 5.77. The number of nitrogens with zero attached hydrogens (tertiary/aromatic N) is 1. The van der Waals surface area contributed by atoms with Crippen molar-refractivity contribution in [2.75, 3.05) is 32.8 Å². The van der Waals surface area contributed by atoms with Crippen LogP contribution in [0.1, 0.15) is 18.4 Å². The Morgan fingerprint density at radius 3 is 3.05 bits per heavy atom. The predicted molar refractivity (Wildman–Crippen MR) is 84.0 cm³/mol. The molecule has 2 fully saturated rings. The van der Waals surface area contributed by atoms with E-state index in [1.54, 1.807) is 0 Å². The molecule has 2 atom stereocenters. The Morgan fingerprint density at radius 1 is 1.41 bits per heavy atom. The molecule has 0 bridgehead atoms. The number of morpholine rings is 1. The van der Waals surface area contributed by atoms with E-state index in [9.17, 15) is 4.79 Å². The molecule has 0 radical (unpaired) electrons. The summed E-state index contributed by atoms with van der Waals surface area (Å²) in [5, 5.41) is 2.90. The van der Waals surface area contributed by atoms with Gasteiger partial charge in [0.05, 0.1) is 12.7 Å². The average molecular weight is 304 g/mol. The second-order valence-corrected chi connectivity index (χ2v) is 6.15. The molecule has 2 aliphatic heterocycles. The number of nitrogens with one attached hydrogen (secondary N) is 1. The van der Waals surface area contributed by atoms with Gasteiger partial charge < -0.3 is 14.8 Å². The van der Waals surface area contributed by atoms with Crippen LogP contribution in [0.4, 0.5) is 0 Å². The van der Waals surface area contributed by atoms with Crippen molar-refractivity contribution in [3.8, 4) is 5.75 Å². The summed E-state index contributed by atoms with van der Waals surface area (Å²) in [7, 11) is 0. The van der Waals surface area contributed by atoms with Gasteiger partial charge in [-0.3, -0.25) is 9.69 Å². The zero-order valence-electron chi connectivity index (χ0n) is 13.1. The summed E-state index contributed by atoms with van der Waals surface area (Å²) < 4.78 is 11.3. The van der Waals surface area contributed by atoms with Crippen LogP contribution in [0.5, 0.6) is 5.75 Å². The number of fused-ring (bicyclic) bond motifs is 1. The molecule has 0 spiro atoms. The third kappa shape index (κ3) is 3.99. The summed E-state index contributed by atoms with van der Waals surface area (Å²) in [4.78, 5) is 14.3. The van der Waals surface area contributed by atoms with Crippen LogP contribution in [0.25, 0.3) is 0 Å². The van der Waals surface area contributed by atoms with E-state index in [0.29, 0.717) is 12.6 Å². The molecule has 5 nitrogen and oxygen atoms in total. The van der Waals surface area contributed by atoms with Crippen LogP contribution in [0, 0.1) is 6.92 Å². The van der Waals surface area contributed by atoms with E-state index in [2.05, 4.69) is 10.2 Å². The lowest BCUT2D eigenvalue weighted by Crippen LogP contribution is -2.50. The van der Waals surface area contributed by atoms with E-state index in [4.69, 9.17) is 9.47 Å². The van der Waals surface area contributed by atoms with Gasteiger partial charge in [0, 0.05) is 19.1 Å². The van der Waals surface area contributed by atoms with Crippen molar-refractivity contribution < 1.29 is 14.3 Å². The Labute approximate surface area is 131 Å². The van der Waals surface area contributed by atoms with Crippen LogP contribution in [-0.4, -0.2) is 55.8 Å². The molecule has 1 N–H and O–H groups in total. The predicted octanol–water partition coefficient (Wildman–Crippen LogP) is 1.35. The highest BCUT2D eigenvalue weighted by Crippen LogP contribution is 2.22. The normalized spacial score (nSPS) is 24.8. The molecule has 1 aromatic rings. The summed E-state index contributed by atoms with van der Waals surface area (Å²) in [6.07, 6.45) is 2.60. The maximum absolute atomic E-state index is 11.8. The van der Waals surface area contributed by atoms with E-state index < -0.39 is 0 Å². The molecular weight excluding hydrogens is 280 g/mol. The molecular formula is C17H24N2O3. The fourth-order valence-electron chi connectivity index (χ4n) is 3.07. The van der Waals surface area contributed by atoms with Gasteiger partial charge in [-0.2, -0.15) is 0 Å². The Bertz CT molecular complexity index is 503. The number of hydrogen-bond acceptors (Lipinski definition) is 4. The van der Waals surface area contributed by atoms with Gasteiger partial charge >= 0.3 is 0 Å². The van der Waals surface area contributed by atoms with Crippen LogP contribution in [0.2, 0.25) is 0 Å². The number of carbonyl (C=O) groups excluding carboxylic acids is 1. The maximum atomic E-state index is 11.8. The van der Waals surface area contributed by atoms with E-state index in [0.717, 1.165) is 25.4 Å². The third-order valence-corrected chi connectivity index (χ3v) is 4.38. The Kier molecular flexibility index (Phi) is 4.95. The SMILES string of the molecule is Cc1ccc(OCC(=O)NC[C@H]2CN3CCC[C@H]3CO2)cc1. The minimum atomic E-state index is -0.104. The first-order valence-electron chi connectivity index (χ1n) is 8.02. The van der Waals surface area contributed by atoms with Gasteiger partial charge in [-0.25, -0.2) is 0 Å². The Balaban J connectivity index is 1.36. The van der Waals surface area contributed by atoms with E-state index >= 15 is 0 Å². The number of benzene rings is 1. The van der Waals surface area contributed by atoms with Crippen LogP contribution in [-0.2, 0) is 9.53 Å². The molecule has 1 amide bonds. The minimum Gasteiger partial charge on any atom is -0.484 e. The Hall–Kier alpha value is -1.59. The van der Waals surface area contributed by atoms with Crippen molar-refractivity contribution in [1.29, 1.82) is 0 Å². The first-order valence-corrected chi connectivity index (χ1v) is 8.02. The fraction of sp³-hybridized carbons (Fsp3) is 0.588. The van der Waals surface area contributed by atoms with Crippen LogP contribution in [0.15, 0.2) is 24.3 Å². The van der Waals surface area contributed by atoms with Crippen molar-refractivity contribution >= 4 is 5.91 Å². The number of carbonyl (C=O) groups is 1. The third-order valence-electron chi connectivity index (χ3n) is 4.38. The van der Waals surface area contributed by atoms with Crippen LogP contribution >= 0.6 is 0 Å². The fourth-order valence-corrected chi connectivity index (χ4v) is 3.07. The molecule has 2 aliphatic rings. The van der Waals surface area contributed by atoms with Gasteiger partial charge in [-0.15, -0.1) is 0 Å². The highest BCUT2D eigenvalue weighted by atomic mass is 16.5. The average Bonchev–Trinajstić information content (AvgIpc) is 3.00. The van der Waals surface area contributed by atoms with Gasteiger partial charge in [0.1, 0.15) is 5.75 Å². The van der Waals surface area contributed by atoms with Crippen molar-refractivity contribution in [2.24, 2.45) is 0 Å². The van der Waals surface area contributed by atoms with Crippen molar-refractivity contribution in [2.45, 2.75) is 31.9 Å². The molecule has 22 heavy (non-hydrogen) atoms. The number of rotatable bonds is 5. The number of aryl methyl sites for hydroxylation is 1. The lowest BCUT2D eigenvalue weighted by Gasteiger charge is -2.35. The number of ether oxygens (including phenoxy) is 2. The minimum absolute atomic E-state index is 0.0438. The molecule has 1 aromatic carbocycles. The van der Waals surface area contributed by atoms with E-state index in [-0.39, 0.29) is 18.6 Å².